The third kappa shape index (κ3) is 4.46. The van der Waals surface area contributed by atoms with Crippen LogP contribution in [-0.2, 0) is 16.6 Å². The van der Waals surface area contributed by atoms with Crippen LogP contribution >= 0.6 is 0 Å². The number of halogens is 4. The van der Waals surface area contributed by atoms with Crippen LogP contribution in [0.3, 0.4) is 0 Å². The number of alkyl halides is 3. The standard InChI is InChI=1S/C19H17F4NO5S/c20-18-15(29-19(21,22)23)2-1-3-17(18)30(25,26)24(9-12-4-5-12)10-13-6-7-14-16(8-13)28-11-27-14/h1-3,6-8,12H,4-5,9-11H2. The molecule has 4 rings (SSSR count). The summed E-state index contributed by atoms with van der Waals surface area (Å²) in [5, 5.41) is 0. The van der Waals surface area contributed by atoms with Gasteiger partial charge in [-0.05, 0) is 48.6 Å². The molecular formula is C19H17F4NO5S. The van der Waals surface area contributed by atoms with Gasteiger partial charge in [0.25, 0.3) is 0 Å². The summed E-state index contributed by atoms with van der Waals surface area (Å²) in [6.45, 7) is 0.0833. The smallest absolute Gasteiger partial charge is 0.454 e. The molecule has 6 nitrogen and oxygen atoms in total. The van der Waals surface area contributed by atoms with Crippen LogP contribution < -0.4 is 14.2 Å². The molecule has 1 aliphatic heterocycles. The fourth-order valence-electron chi connectivity index (χ4n) is 3.11. The quantitative estimate of drug-likeness (QED) is 0.599. The number of hydrogen-bond donors (Lipinski definition) is 0. The molecule has 0 aromatic heterocycles. The van der Waals surface area contributed by atoms with E-state index in [-0.39, 0.29) is 25.8 Å². The highest BCUT2D eigenvalue weighted by molar-refractivity contribution is 7.89. The largest absolute Gasteiger partial charge is 0.573 e. The highest BCUT2D eigenvalue weighted by Gasteiger charge is 2.37. The Balaban J connectivity index is 1.66. The summed E-state index contributed by atoms with van der Waals surface area (Å²) in [4.78, 5) is -0.870. The van der Waals surface area contributed by atoms with E-state index in [0.717, 1.165) is 35.3 Å². The van der Waals surface area contributed by atoms with Crippen LogP contribution in [0.15, 0.2) is 41.3 Å². The molecule has 1 heterocycles. The second-order valence-electron chi connectivity index (χ2n) is 7.04. The summed E-state index contributed by atoms with van der Waals surface area (Å²) < 4.78 is 93.7. The third-order valence-electron chi connectivity index (χ3n) is 4.73. The molecule has 0 saturated heterocycles. The van der Waals surface area contributed by atoms with Crippen molar-refractivity contribution in [3.8, 4) is 17.2 Å². The van der Waals surface area contributed by atoms with E-state index in [2.05, 4.69) is 4.74 Å². The van der Waals surface area contributed by atoms with E-state index in [0.29, 0.717) is 17.1 Å². The normalized spacial score (nSPS) is 16.2. The number of benzene rings is 2. The van der Waals surface area contributed by atoms with Gasteiger partial charge in [0.1, 0.15) is 4.90 Å². The zero-order valence-electron chi connectivity index (χ0n) is 15.5. The Kier molecular flexibility index (Phi) is 5.27. The first-order valence-electron chi connectivity index (χ1n) is 9.06. The van der Waals surface area contributed by atoms with E-state index >= 15 is 0 Å². The van der Waals surface area contributed by atoms with Crippen molar-refractivity contribution in [3.05, 3.63) is 47.8 Å². The molecule has 0 spiro atoms. The van der Waals surface area contributed by atoms with E-state index in [1.54, 1.807) is 18.2 Å². The van der Waals surface area contributed by atoms with Crippen LogP contribution in [0.2, 0.25) is 0 Å². The topological polar surface area (TPSA) is 65.1 Å². The van der Waals surface area contributed by atoms with Crippen molar-refractivity contribution >= 4 is 10.0 Å². The van der Waals surface area contributed by atoms with Gasteiger partial charge >= 0.3 is 6.36 Å². The molecule has 1 fully saturated rings. The van der Waals surface area contributed by atoms with Crippen LogP contribution in [0.5, 0.6) is 17.2 Å². The summed E-state index contributed by atoms with van der Waals surface area (Å²) in [6, 6.07) is 7.57. The van der Waals surface area contributed by atoms with E-state index in [1.807, 2.05) is 0 Å². The van der Waals surface area contributed by atoms with E-state index < -0.39 is 32.8 Å². The maximum absolute atomic E-state index is 14.7. The zero-order chi connectivity index (χ0) is 21.5. The lowest BCUT2D eigenvalue weighted by Gasteiger charge is -2.23. The number of sulfonamides is 1. The minimum Gasteiger partial charge on any atom is -0.454 e. The molecule has 1 saturated carbocycles. The van der Waals surface area contributed by atoms with Gasteiger partial charge < -0.3 is 14.2 Å². The fourth-order valence-corrected chi connectivity index (χ4v) is 4.69. The van der Waals surface area contributed by atoms with Crippen LogP contribution in [0.1, 0.15) is 18.4 Å². The molecule has 162 valence electrons. The van der Waals surface area contributed by atoms with Gasteiger partial charge in [-0.3, -0.25) is 0 Å². The van der Waals surface area contributed by atoms with Crippen LogP contribution in [0.4, 0.5) is 17.6 Å². The number of ether oxygens (including phenoxy) is 3. The lowest BCUT2D eigenvalue weighted by Crippen LogP contribution is -2.33. The molecule has 11 heteroatoms. The van der Waals surface area contributed by atoms with E-state index in [4.69, 9.17) is 9.47 Å². The second-order valence-corrected chi connectivity index (χ2v) is 8.95. The molecule has 2 aromatic rings. The first-order valence-corrected chi connectivity index (χ1v) is 10.5. The Morgan fingerprint density at radius 3 is 2.53 bits per heavy atom. The molecule has 0 atom stereocenters. The van der Waals surface area contributed by atoms with Gasteiger partial charge in [-0.1, -0.05) is 12.1 Å². The average Bonchev–Trinajstić information content (AvgIpc) is 3.35. The maximum atomic E-state index is 14.7. The summed E-state index contributed by atoms with van der Waals surface area (Å²) in [5.74, 6) is -1.67. The summed E-state index contributed by atoms with van der Waals surface area (Å²) in [5.41, 5.74) is 0.576. The summed E-state index contributed by atoms with van der Waals surface area (Å²) in [7, 11) is -4.44. The van der Waals surface area contributed by atoms with Gasteiger partial charge in [-0.25, -0.2) is 12.8 Å². The Morgan fingerprint density at radius 1 is 1.10 bits per heavy atom. The third-order valence-corrected chi connectivity index (χ3v) is 6.56. The molecule has 1 aliphatic carbocycles. The van der Waals surface area contributed by atoms with Gasteiger partial charge in [0, 0.05) is 13.1 Å². The lowest BCUT2D eigenvalue weighted by molar-refractivity contribution is -0.275. The number of fused-ring (bicyclic) bond motifs is 1. The monoisotopic (exact) mass is 447 g/mol. The molecule has 2 aromatic carbocycles. The Hall–Kier alpha value is -2.53. The molecular weight excluding hydrogens is 430 g/mol. The molecule has 0 radical (unpaired) electrons. The zero-order valence-corrected chi connectivity index (χ0v) is 16.3. The van der Waals surface area contributed by atoms with Crippen molar-refractivity contribution in [3.63, 3.8) is 0 Å². The van der Waals surface area contributed by atoms with E-state index in [1.165, 1.54) is 0 Å². The van der Waals surface area contributed by atoms with Gasteiger partial charge in [-0.15, -0.1) is 13.2 Å². The van der Waals surface area contributed by atoms with Crippen molar-refractivity contribution in [1.29, 1.82) is 0 Å². The Labute approximate surface area is 170 Å². The minimum absolute atomic E-state index is 0.0556. The summed E-state index contributed by atoms with van der Waals surface area (Å²) in [6.07, 6.45) is -3.50. The van der Waals surface area contributed by atoms with Gasteiger partial charge in [0.05, 0.1) is 0 Å². The number of hydrogen-bond acceptors (Lipinski definition) is 5. The number of nitrogens with zero attached hydrogens (tertiary/aromatic N) is 1. The van der Waals surface area contributed by atoms with Crippen molar-refractivity contribution in [2.45, 2.75) is 30.6 Å². The summed E-state index contributed by atoms with van der Waals surface area (Å²) >= 11 is 0. The van der Waals surface area contributed by atoms with Gasteiger partial charge in [0.2, 0.25) is 16.8 Å². The van der Waals surface area contributed by atoms with Crippen molar-refractivity contribution in [1.82, 2.24) is 4.31 Å². The predicted molar refractivity (Wildman–Crippen MR) is 96.0 cm³/mol. The molecule has 0 N–H and O–H groups in total. The number of rotatable bonds is 7. The van der Waals surface area contributed by atoms with E-state index in [9.17, 15) is 26.0 Å². The molecule has 0 bridgehead atoms. The SMILES string of the molecule is O=S(=O)(c1cccc(OC(F)(F)F)c1F)N(Cc1ccc2c(c1)OCO2)CC1CC1. The second kappa shape index (κ2) is 7.62. The first kappa shape index (κ1) is 20.7. The van der Waals surface area contributed by atoms with Crippen molar-refractivity contribution < 1.29 is 40.2 Å². The van der Waals surface area contributed by atoms with Crippen LogP contribution in [0.25, 0.3) is 0 Å². The molecule has 0 amide bonds. The minimum atomic E-state index is -5.15. The van der Waals surface area contributed by atoms with Gasteiger partial charge in [-0.2, -0.15) is 4.31 Å². The Bertz CT molecular complexity index is 1050. The van der Waals surface area contributed by atoms with Crippen LogP contribution in [-0.4, -0.2) is 32.4 Å². The van der Waals surface area contributed by atoms with Gasteiger partial charge in [0.15, 0.2) is 23.1 Å². The maximum Gasteiger partial charge on any atom is 0.573 e. The highest BCUT2D eigenvalue weighted by Crippen LogP contribution is 2.37. The molecule has 2 aliphatic rings. The van der Waals surface area contributed by atoms with Crippen LogP contribution in [0, 0.1) is 11.7 Å². The predicted octanol–water partition coefficient (Wildman–Crippen LogP) is 4.05. The lowest BCUT2D eigenvalue weighted by atomic mass is 10.2. The first-order chi connectivity index (χ1) is 14.1. The van der Waals surface area contributed by atoms with Crippen molar-refractivity contribution in [2.24, 2.45) is 5.92 Å². The molecule has 30 heavy (non-hydrogen) atoms. The fraction of sp³-hybridized carbons (Fsp3) is 0.368. The Morgan fingerprint density at radius 2 is 1.83 bits per heavy atom. The average molecular weight is 447 g/mol. The highest BCUT2D eigenvalue weighted by atomic mass is 32.2. The van der Waals surface area contributed by atoms with Crippen molar-refractivity contribution in [2.75, 3.05) is 13.3 Å². The molecule has 0 unspecified atom stereocenters.